The Kier molecular flexibility index (Phi) is 3.40. The van der Waals surface area contributed by atoms with E-state index in [1.807, 2.05) is 50.2 Å². The largest absolute Gasteiger partial charge is 0.423 e. The fourth-order valence-electron chi connectivity index (χ4n) is 2.25. The van der Waals surface area contributed by atoms with Crippen molar-refractivity contribution in [1.29, 1.82) is 0 Å². The molecule has 3 nitrogen and oxygen atoms in total. The summed E-state index contributed by atoms with van der Waals surface area (Å²) in [5.41, 5.74) is 3.26. The van der Waals surface area contributed by atoms with Crippen LogP contribution in [0, 0.1) is 13.8 Å². The van der Waals surface area contributed by atoms with Crippen LogP contribution in [0.5, 0.6) is 5.75 Å². The Morgan fingerprint density at radius 3 is 2.48 bits per heavy atom. The third kappa shape index (κ3) is 2.77. The summed E-state index contributed by atoms with van der Waals surface area (Å²) in [4.78, 5) is 16.8. The number of carbonyl (C=O) groups excluding carboxylic acids is 1. The maximum Gasteiger partial charge on any atom is 0.344 e. The number of fused-ring (bicyclic) bond motifs is 1. The lowest BCUT2D eigenvalue weighted by Crippen LogP contribution is -2.10. The molecule has 0 aliphatic rings. The van der Waals surface area contributed by atoms with Gasteiger partial charge in [0.2, 0.25) is 0 Å². The second kappa shape index (κ2) is 5.37. The van der Waals surface area contributed by atoms with E-state index in [2.05, 4.69) is 4.98 Å². The van der Waals surface area contributed by atoms with E-state index in [1.165, 1.54) is 0 Å². The van der Waals surface area contributed by atoms with Crippen molar-refractivity contribution in [3.05, 3.63) is 71.4 Å². The zero-order valence-corrected chi connectivity index (χ0v) is 12.0. The molecule has 0 radical (unpaired) electrons. The van der Waals surface area contributed by atoms with Gasteiger partial charge in [-0.1, -0.05) is 35.9 Å². The summed E-state index contributed by atoms with van der Waals surface area (Å²) < 4.78 is 5.45. The molecule has 21 heavy (non-hydrogen) atoms. The van der Waals surface area contributed by atoms with E-state index in [9.17, 15) is 4.79 Å². The van der Waals surface area contributed by atoms with Gasteiger partial charge in [-0.25, -0.2) is 4.79 Å². The summed E-state index contributed by atoms with van der Waals surface area (Å²) in [7, 11) is 0. The number of ether oxygens (including phenoxy) is 1. The third-order valence-corrected chi connectivity index (χ3v) is 3.30. The topological polar surface area (TPSA) is 39.2 Å². The SMILES string of the molecule is Cc1ccc(OC(=O)c2cc(C)nc3ccccc23)cc1. The Morgan fingerprint density at radius 1 is 1.00 bits per heavy atom. The van der Waals surface area contributed by atoms with Crippen molar-refractivity contribution < 1.29 is 9.53 Å². The van der Waals surface area contributed by atoms with Gasteiger partial charge in [0, 0.05) is 11.1 Å². The maximum atomic E-state index is 12.4. The second-order valence-corrected chi connectivity index (χ2v) is 5.03. The van der Waals surface area contributed by atoms with Crippen LogP contribution in [0.4, 0.5) is 0 Å². The number of hydrogen-bond donors (Lipinski definition) is 0. The quantitative estimate of drug-likeness (QED) is 0.523. The van der Waals surface area contributed by atoms with Crippen LogP contribution in [-0.2, 0) is 0 Å². The van der Waals surface area contributed by atoms with Gasteiger partial charge in [0.25, 0.3) is 0 Å². The lowest BCUT2D eigenvalue weighted by molar-refractivity contribution is 0.0736. The molecule has 2 aromatic carbocycles. The first kappa shape index (κ1) is 13.3. The predicted octanol–water partition coefficient (Wildman–Crippen LogP) is 4.07. The Morgan fingerprint density at radius 2 is 1.71 bits per heavy atom. The van der Waals surface area contributed by atoms with E-state index >= 15 is 0 Å². The van der Waals surface area contributed by atoms with Crippen molar-refractivity contribution in [1.82, 2.24) is 4.98 Å². The molecule has 0 unspecified atom stereocenters. The van der Waals surface area contributed by atoms with Gasteiger partial charge in [-0.15, -0.1) is 0 Å². The van der Waals surface area contributed by atoms with Crippen LogP contribution in [0.2, 0.25) is 0 Å². The summed E-state index contributed by atoms with van der Waals surface area (Å²) in [6.07, 6.45) is 0. The van der Waals surface area contributed by atoms with E-state index in [1.54, 1.807) is 18.2 Å². The maximum absolute atomic E-state index is 12.4. The smallest absolute Gasteiger partial charge is 0.344 e. The molecule has 0 bridgehead atoms. The highest BCUT2D eigenvalue weighted by molar-refractivity contribution is 6.04. The van der Waals surface area contributed by atoms with Gasteiger partial charge in [-0.05, 0) is 38.1 Å². The third-order valence-electron chi connectivity index (χ3n) is 3.30. The highest BCUT2D eigenvalue weighted by Gasteiger charge is 2.14. The molecular weight excluding hydrogens is 262 g/mol. The standard InChI is InChI=1S/C18H15NO2/c1-12-7-9-14(10-8-12)21-18(20)16-11-13(2)19-17-6-4-3-5-15(16)17/h3-11H,1-2H3. The molecule has 0 spiro atoms. The second-order valence-electron chi connectivity index (χ2n) is 5.03. The van der Waals surface area contributed by atoms with Gasteiger partial charge in [0.15, 0.2) is 0 Å². The highest BCUT2D eigenvalue weighted by atomic mass is 16.5. The first-order valence-corrected chi connectivity index (χ1v) is 6.79. The number of aryl methyl sites for hydroxylation is 2. The first-order chi connectivity index (χ1) is 10.1. The van der Waals surface area contributed by atoms with E-state index in [-0.39, 0.29) is 5.97 Å². The van der Waals surface area contributed by atoms with E-state index in [0.717, 1.165) is 22.2 Å². The molecule has 0 atom stereocenters. The predicted molar refractivity (Wildman–Crippen MR) is 82.6 cm³/mol. The minimum atomic E-state index is -0.361. The number of para-hydroxylation sites is 1. The Balaban J connectivity index is 1.99. The molecule has 1 heterocycles. The van der Waals surface area contributed by atoms with Gasteiger partial charge >= 0.3 is 5.97 Å². The van der Waals surface area contributed by atoms with E-state index in [4.69, 9.17) is 4.74 Å². The zero-order valence-electron chi connectivity index (χ0n) is 12.0. The Labute approximate surface area is 123 Å². The van der Waals surface area contributed by atoms with Crippen LogP contribution >= 0.6 is 0 Å². The number of rotatable bonds is 2. The summed E-state index contributed by atoms with van der Waals surface area (Å²) in [6.45, 7) is 3.86. The molecule has 0 amide bonds. The van der Waals surface area contributed by atoms with Gasteiger partial charge in [-0.3, -0.25) is 4.98 Å². The van der Waals surface area contributed by atoms with Gasteiger partial charge < -0.3 is 4.74 Å². The molecule has 3 heteroatoms. The monoisotopic (exact) mass is 277 g/mol. The molecule has 3 rings (SSSR count). The average Bonchev–Trinajstić information content (AvgIpc) is 2.48. The molecule has 0 N–H and O–H groups in total. The number of carbonyl (C=O) groups is 1. The molecule has 1 aromatic heterocycles. The molecule has 0 saturated heterocycles. The molecule has 0 aliphatic carbocycles. The van der Waals surface area contributed by atoms with Crippen LogP contribution < -0.4 is 4.74 Å². The van der Waals surface area contributed by atoms with Gasteiger partial charge in [0.05, 0.1) is 11.1 Å². The van der Waals surface area contributed by atoms with E-state index < -0.39 is 0 Å². The number of hydrogen-bond acceptors (Lipinski definition) is 3. The number of aromatic nitrogens is 1. The summed E-state index contributed by atoms with van der Waals surface area (Å²) >= 11 is 0. The highest BCUT2D eigenvalue weighted by Crippen LogP contribution is 2.21. The van der Waals surface area contributed by atoms with Gasteiger partial charge in [-0.2, -0.15) is 0 Å². The lowest BCUT2D eigenvalue weighted by Gasteiger charge is -2.08. The number of benzene rings is 2. The summed E-state index contributed by atoms with van der Waals surface area (Å²) in [6, 6.07) is 16.8. The minimum Gasteiger partial charge on any atom is -0.423 e. The van der Waals surface area contributed by atoms with Crippen LogP contribution in [0.25, 0.3) is 10.9 Å². The molecule has 0 aliphatic heterocycles. The Hall–Kier alpha value is -2.68. The van der Waals surface area contributed by atoms with Crippen molar-refractivity contribution in [3.63, 3.8) is 0 Å². The number of esters is 1. The fraction of sp³-hybridized carbons (Fsp3) is 0.111. The molecule has 0 fully saturated rings. The van der Waals surface area contributed by atoms with Crippen molar-refractivity contribution in [2.24, 2.45) is 0 Å². The van der Waals surface area contributed by atoms with Crippen LogP contribution in [0.3, 0.4) is 0 Å². The summed E-state index contributed by atoms with van der Waals surface area (Å²) in [5, 5.41) is 0.806. The molecule has 104 valence electrons. The molecule has 0 saturated carbocycles. The van der Waals surface area contributed by atoms with Crippen molar-refractivity contribution in [2.75, 3.05) is 0 Å². The zero-order chi connectivity index (χ0) is 14.8. The normalized spacial score (nSPS) is 10.6. The number of pyridine rings is 1. The average molecular weight is 277 g/mol. The van der Waals surface area contributed by atoms with Crippen molar-refractivity contribution >= 4 is 16.9 Å². The first-order valence-electron chi connectivity index (χ1n) is 6.79. The lowest BCUT2D eigenvalue weighted by atomic mass is 10.1. The molecule has 3 aromatic rings. The van der Waals surface area contributed by atoms with E-state index in [0.29, 0.717) is 11.3 Å². The Bertz CT molecular complexity index is 807. The number of nitrogens with zero attached hydrogens (tertiary/aromatic N) is 1. The van der Waals surface area contributed by atoms with Crippen molar-refractivity contribution in [3.8, 4) is 5.75 Å². The van der Waals surface area contributed by atoms with Crippen LogP contribution in [0.15, 0.2) is 54.6 Å². The van der Waals surface area contributed by atoms with Crippen LogP contribution in [-0.4, -0.2) is 11.0 Å². The minimum absolute atomic E-state index is 0.361. The van der Waals surface area contributed by atoms with Gasteiger partial charge in [0.1, 0.15) is 5.75 Å². The van der Waals surface area contributed by atoms with Crippen molar-refractivity contribution in [2.45, 2.75) is 13.8 Å². The molecular formula is C18H15NO2. The summed E-state index contributed by atoms with van der Waals surface area (Å²) in [5.74, 6) is 0.185. The van der Waals surface area contributed by atoms with Crippen LogP contribution in [0.1, 0.15) is 21.6 Å². The fourth-order valence-corrected chi connectivity index (χ4v) is 2.25.